The third-order valence-electron chi connectivity index (χ3n) is 4.38. The van der Waals surface area contributed by atoms with E-state index in [1.807, 2.05) is 30.3 Å². The van der Waals surface area contributed by atoms with E-state index in [0.717, 1.165) is 10.4 Å². The number of fused-ring (bicyclic) bond motifs is 1. The van der Waals surface area contributed by atoms with Crippen molar-refractivity contribution in [1.29, 1.82) is 0 Å². The molecule has 2 aromatic carbocycles. The number of amides is 1. The van der Waals surface area contributed by atoms with E-state index < -0.39 is 0 Å². The summed E-state index contributed by atoms with van der Waals surface area (Å²) in [6.45, 7) is 1.13. The van der Waals surface area contributed by atoms with E-state index in [-0.39, 0.29) is 5.91 Å². The summed E-state index contributed by atoms with van der Waals surface area (Å²) in [5.41, 5.74) is 7.77. The van der Waals surface area contributed by atoms with Gasteiger partial charge in [-0.15, -0.1) is 11.3 Å². The van der Waals surface area contributed by atoms with Crippen molar-refractivity contribution in [3.63, 3.8) is 0 Å². The first-order chi connectivity index (χ1) is 14.2. The molecule has 4 aromatic rings. The first kappa shape index (κ1) is 19.0. The molecule has 0 fully saturated rings. The van der Waals surface area contributed by atoms with Crippen molar-refractivity contribution in [1.82, 2.24) is 15.3 Å². The zero-order valence-corrected chi connectivity index (χ0v) is 16.5. The molecule has 0 atom stereocenters. The topological polar surface area (TPSA) is 90.1 Å². The Morgan fingerprint density at radius 3 is 2.83 bits per heavy atom. The summed E-state index contributed by atoms with van der Waals surface area (Å²) in [5, 5.41) is 4.19. The predicted molar refractivity (Wildman–Crippen MR) is 114 cm³/mol. The third kappa shape index (κ3) is 4.77. The highest BCUT2D eigenvalue weighted by Crippen LogP contribution is 2.25. The SMILES string of the molecule is NCc1cc(OCc2cccc(C(=O)NCc3cc4ccccc4s3)c2)ncn1. The first-order valence-corrected chi connectivity index (χ1v) is 10.0. The largest absolute Gasteiger partial charge is 0.473 e. The van der Waals surface area contributed by atoms with Crippen LogP contribution in [0, 0.1) is 0 Å². The number of carbonyl (C=O) groups excluding carboxylic acids is 1. The zero-order chi connectivity index (χ0) is 20.1. The van der Waals surface area contributed by atoms with Gasteiger partial charge < -0.3 is 15.8 Å². The fourth-order valence-electron chi connectivity index (χ4n) is 2.92. The third-order valence-corrected chi connectivity index (χ3v) is 5.50. The van der Waals surface area contributed by atoms with Crippen LogP contribution in [-0.2, 0) is 19.7 Å². The molecule has 3 N–H and O–H groups in total. The van der Waals surface area contributed by atoms with Gasteiger partial charge in [-0.25, -0.2) is 9.97 Å². The number of thiophene rings is 1. The van der Waals surface area contributed by atoms with Gasteiger partial charge in [0.1, 0.15) is 12.9 Å². The Hall–Kier alpha value is -3.29. The van der Waals surface area contributed by atoms with E-state index in [2.05, 4.69) is 33.5 Å². The van der Waals surface area contributed by atoms with Crippen LogP contribution >= 0.6 is 11.3 Å². The number of benzene rings is 2. The molecule has 0 spiro atoms. The van der Waals surface area contributed by atoms with Crippen LogP contribution in [0.25, 0.3) is 10.1 Å². The lowest BCUT2D eigenvalue weighted by atomic mass is 10.1. The second kappa shape index (κ2) is 8.81. The molecule has 7 heteroatoms. The molecule has 0 bridgehead atoms. The number of carbonyl (C=O) groups is 1. The minimum atomic E-state index is -0.114. The highest BCUT2D eigenvalue weighted by atomic mass is 32.1. The lowest BCUT2D eigenvalue weighted by molar-refractivity contribution is 0.0951. The van der Waals surface area contributed by atoms with Gasteiger partial charge in [0.05, 0.1) is 12.2 Å². The Kier molecular flexibility index (Phi) is 5.79. The molecular weight excluding hydrogens is 384 g/mol. The van der Waals surface area contributed by atoms with Crippen molar-refractivity contribution < 1.29 is 9.53 Å². The van der Waals surface area contributed by atoms with Crippen LogP contribution in [0.5, 0.6) is 5.88 Å². The van der Waals surface area contributed by atoms with Crippen molar-refractivity contribution in [2.45, 2.75) is 19.7 Å². The van der Waals surface area contributed by atoms with Gasteiger partial charge in [0.25, 0.3) is 5.91 Å². The predicted octanol–water partition coefficient (Wildman–Crippen LogP) is 3.66. The fraction of sp³-hybridized carbons (Fsp3) is 0.136. The molecule has 2 heterocycles. The summed E-state index contributed by atoms with van der Waals surface area (Å²) in [5.74, 6) is 0.344. The molecule has 4 rings (SSSR count). The first-order valence-electron chi connectivity index (χ1n) is 9.19. The van der Waals surface area contributed by atoms with E-state index in [4.69, 9.17) is 10.5 Å². The van der Waals surface area contributed by atoms with Gasteiger partial charge in [0, 0.05) is 27.8 Å². The quantitative estimate of drug-likeness (QED) is 0.491. The van der Waals surface area contributed by atoms with Gasteiger partial charge in [0.15, 0.2) is 0 Å². The summed E-state index contributed by atoms with van der Waals surface area (Å²) >= 11 is 1.69. The van der Waals surface area contributed by atoms with Gasteiger partial charge in [-0.05, 0) is 35.2 Å². The summed E-state index contributed by atoms with van der Waals surface area (Å²) in [4.78, 5) is 21.8. The van der Waals surface area contributed by atoms with E-state index in [0.29, 0.717) is 36.8 Å². The number of nitrogens with zero attached hydrogens (tertiary/aromatic N) is 2. The molecule has 0 saturated heterocycles. The summed E-state index contributed by atoms with van der Waals surface area (Å²) in [6.07, 6.45) is 1.43. The Bertz CT molecular complexity index is 1110. The van der Waals surface area contributed by atoms with Gasteiger partial charge >= 0.3 is 0 Å². The minimum Gasteiger partial charge on any atom is -0.473 e. The number of hydrogen-bond acceptors (Lipinski definition) is 6. The minimum absolute atomic E-state index is 0.114. The van der Waals surface area contributed by atoms with Gasteiger partial charge in [-0.1, -0.05) is 30.3 Å². The molecule has 0 aliphatic carbocycles. The van der Waals surface area contributed by atoms with Crippen molar-refractivity contribution in [3.8, 4) is 5.88 Å². The molecule has 6 nitrogen and oxygen atoms in total. The van der Waals surface area contributed by atoms with Crippen LogP contribution in [0.1, 0.15) is 26.5 Å². The number of rotatable bonds is 7. The highest BCUT2D eigenvalue weighted by Gasteiger charge is 2.08. The molecule has 1 amide bonds. The number of ether oxygens (including phenoxy) is 1. The molecule has 2 aromatic heterocycles. The molecule has 0 aliphatic heterocycles. The smallest absolute Gasteiger partial charge is 0.251 e. The van der Waals surface area contributed by atoms with Crippen molar-refractivity contribution >= 4 is 27.3 Å². The summed E-state index contributed by atoms with van der Waals surface area (Å²) in [7, 11) is 0. The maximum Gasteiger partial charge on any atom is 0.251 e. The average molecular weight is 404 g/mol. The van der Waals surface area contributed by atoms with Crippen molar-refractivity contribution in [2.24, 2.45) is 5.73 Å². The van der Waals surface area contributed by atoms with Crippen molar-refractivity contribution in [2.75, 3.05) is 0 Å². The summed E-state index contributed by atoms with van der Waals surface area (Å²) < 4.78 is 6.92. The normalized spacial score (nSPS) is 10.8. The second-order valence-electron chi connectivity index (χ2n) is 6.47. The number of aromatic nitrogens is 2. The number of hydrogen-bond donors (Lipinski definition) is 2. The Morgan fingerprint density at radius 2 is 1.97 bits per heavy atom. The fourth-order valence-corrected chi connectivity index (χ4v) is 3.92. The van der Waals surface area contributed by atoms with E-state index in [1.54, 1.807) is 23.5 Å². The monoisotopic (exact) mass is 404 g/mol. The lowest BCUT2D eigenvalue weighted by Gasteiger charge is -2.08. The molecule has 0 saturated carbocycles. The van der Waals surface area contributed by atoms with E-state index >= 15 is 0 Å². The maximum atomic E-state index is 12.6. The second-order valence-corrected chi connectivity index (χ2v) is 7.64. The Balaban J connectivity index is 1.37. The molecule has 0 unspecified atom stereocenters. The van der Waals surface area contributed by atoms with Crippen LogP contribution < -0.4 is 15.8 Å². The number of nitrogens with one attached hydrogen (secondary N) is 1. The van der Waals surface area contributed by atoms with Crippen LogP contribution in [0.4, 0.5) is 0 Å². The van der Waals surface area contributed by atoms with Crippen LogP contribution in [0.15, 0.2) is 67.0 Å². The van der Waals surface area contributed by atoms with Crippen LogP contribution in [0.2, 0.25) is 0 Å². The van der Waals surface area contributed by atoms with Gasteiger partial charge in [0.2, 0.25) is 5.88 Å². The van der Waals surface area contributed by atoms with Crippen LogP contribution in [0.3, 0.4) is 0 Å². The molecule has 29 heavy (non-hydrogen) atoms. The van der Waals surface area contributed by atoms with Crippen molar-refractivity contribution in [3.05, 3.63) is 88.7 Å². The Labute approximate surface area is 172 Å². The standard InChI is InChI=1S/C22H20N4O2S/c23-11-18-10-21(26-14-25-18)28-13-15-4-3-6-17(8-15)22(27)24-12-19-9-16-5-1-2-7-20(16)29-19/h1-10,14H,11-13,23H2,(H,24,27). The molecule has 146 valence electrons. The van der Waals surface area contributed by atoms with Gasteiger partial charge in [-0.2, -0.15) is 0 Å². The summed E-state index contributed by atoms with van der Waals surface area (Å²) in [6, 6.07) is 19.4. The molecular formula is C22H20N4O2S. The zero-order valence-electron chi connectivity index (χ0n) is 15.7. The van der Waals surface area contributed by atoms with Crippen LogP contribution in [-0.4, -0.2) is 15.9 Å². The number of nitrogens with two attached hydrogens (primary N) is 1. The molecule has 0 radical (unpaired) electrons. The Morgan fingerprint density at radius 1 is 1.07 bits per heavy atom. The lowest BCUT2D eigenvalue weighted by Crippen LogP contribution is -2.22. The van der Waals surface area contributed by atoms with Gasteiger partial charge in [-0.3, -0.25) is 4.79 Å². The average Bonchev–Trinajstić information content (AvgIpc) is 3.19. The van der Waals surface area contributed by atoms with E-state index in [1.165, 1.54) is 16.4 Å². The molecule has 0 aliphatic rings. The maximum absolute atomic E-state index is 12.6. The highest BCUT2D eigenvalue weighted by molar-refractivity contribution is 7.19. The van der Waals surface area contributed by atoms with E-state index in [9.17, 15) is 4.79 Å².